The maximum Gasteiger partial charge on any atom is 0.224 e. The SMILES string of the molecule is CC(=O)c1cccc(NC(=O)C[C@H]2C[C@H]3CC[C@@H]2C3)c1. The normalized spacial score (nSPS) is 27.6. The predicted molar refractivity (Wildman–Crippen MR) is 78.6 cm³/mol. The molecule has 0 unspecified atom stereocenters. The van der Waals surface area contributed by atoms with E-state index in [2.05, 4.69) is 5.32 Å². The summed E-state index contributed by atoms with van der Waals surface area (Å²) in [6.45, 7) is 1.54. The number of carbonyl (C=O) groups excluding carboxylic acids is 2. The minimum Gasteiger partial charge on any atom is -0.326 e. The number of rotatable bonds is 4. The Hall–Kier alpha value is -1.64. The van der Waals surface area contributed by atoms with Gasteiger partial charge in [-0.15, -0.1) is 0 Å². The summed E-state index contributed by atoms with van der Waals surface area (Å²) in [6, 6.07) is 7.17. The lowest BCUT2D eigenvalue weighted by Crippen LogP contribution is -2.20. The van der Waals surface area contributed by atoms with Gasteiger partial charge >= 0.3 is 0 Å². The van der Waals surface area contributed by atoms with E-state index in [-0.39, 0.29) is 11.7 Å². The van der Waals surface area contributed by atoms with Crippen LogP contribution in [0.3, 0.4) is 0 Å². The van der Waals surface area contributed by atoms with Gasteiger partial charge in [-0.25, -0.2) is 0 Å². The summed E-state index contributed by atoms with van der Waals surface area (Å²) in [5.41, 5.74) is 1.37. The van der Waals surface area contributed by atoms with Crippen LogP contribution in [0, 0.1) is 17.8 Å². The molecule has 0 saturated heterocycles. The van der Waals surface area contributed by atoms with Gasteiger partial charge in [0.1, 0.15) is 0 Å². The molecule has 0 spiro atoms. The smallest absolute Gasteiger partial charge is 0.224 e. The lowest BCUT2D eigenvalue weighted by atomic mass is 9.86. The van der Waals surface area contributed by atoms with Gasteiger partial charge in [0, 0.05) is 17.7 Å². The number of nitrogens with one attached hydrogen (secondary N) is 1. The third kappa shape index (κ3) is 2.77. The Morgan fingerprint density at radius 1 is 1.25 bits per heavy atom. The van der Waals surface area contributed by atoms with Crippen LogP contribution < -0.4 is 5.32 Å². The van der Waals surface area contributed by atoms with Gasteiger partial charge in [-0.2, -0.15) is 0 Å². The van der Waals surface area contributed by atoms with E-state index in [0.29, 0.717) is 17.9 Å². The zero-order chi connectivity index (χ0) is 14.1. The summed E-state index contributed by atoms with van der Waals surface area (Å²) in [7, 11) is 0. The molecule has 1 N–H and O–H groups in total. The first-order valence-electron chi connectivity index (χ1n) is 7.52. The fraction of sp³-hybridized carbons (Fsp3) is 0.529. The molecule has 2 fully saturated rings. The monoisotopic (exact) mass is 271 g/mol. The molecule has 106 valence electrons. The third-order valence-corrected chi connectivity index (χ3v) is 4.88. The molecule has 0 aliphatic heterocycles. The molecule has 0 heterocycles. The molecule has 0 radical (unpaired) electrons. The van der Waals surface area contributed by atoms with Crippen molar-refractivity contribution in [3.05, 3.63) is 29.8 Å². The van der Waals surface area contributed by atoms with Crippen LogP contribution >= 0.6 is 0 Å². The van der Waals surface area contributed by atoms with Crippen molar-refractivity contribution in [2.75, 3.05) is 5.32 Å². The highest BCUT2D eigenvalue weighted by molar-refractivity contribution is 5.97. The van der Waals surface area contributed by atoms with E-state index < -0.39 is 0 Å². The van der Waals surface area contributed by atoms with Gasteiger partial charge in [-0.3, -0.25) is 9.59 Å². The number of hydrogen-bond donors (Lipinski definition) is 1. The van der Waals surface area contributed by atoms with Crippen LogP contribution in [-0.2, 0) is 4.79 Å². The van der Waals surface area contributed by atoms with Crippen LogP contribution in [0.25, 0.3) is 0 Å². The number of fused-ring (bicyclic) bond motifs is 2. The molecule has 0 aromatic heterocycles. The Balaban J connectivity index is 1.59. The minimum atomic E-state index is 0.0224. The van der Waals surface area contributed by atoms with E-state index in [4.69, 9.17) is 0 Å². The second kappa shape index (κ2) is 5.39. The van der Waals surface area contributed by atoms with E-state index in [1.165, 1.54) is 32.6 Å². The summed E-state index contributed by atoms with van der Waals surface area (Å²) in [5, 5.41) is 2.93. The van der Waals surface area contributed by atoms with E-state index in [1.807, 2.05) is 12.1 Å². The molecule has 3 nitrogen and oxygen atoms in total. The number of amides is 1. The molecule has 2 saturated carbocycles. The summed E-state index contributed by atoms with van der Waals surface area (Å²) in [5.74, 6) is 2.33. The van der Waals surface area contributed by atoms with E-state index in [9.17, 15) is 9.59 Å². The first-order valence-corrected chi connectivity index (χ1v) is 7.52. The van der Waals surface area contributed by atoms with Crippen LogP contribution in [0.15, 0.2) is 24.3 Å². The van der Waals surface area contributed by atoms with Crippen LogP contribution in [0.5, 0.6) is 0 Å². The topological polar surface area (TPSA) is 46.2 Å². The van der Waals surface area contributed by atoms with E-state index in [1.54, 1.807) is 12.1 Å². The lowest BCUT2D eigenvalue weighted by molar-refractivity contribution is -0.117. The zero-order valence-corrected chi connectivity index (χ0v) is 11.9. The molecular formula is C17H21NO2. The Kier molecular flexibility index (Phi) is 3.60. The van der Waals surface area contributed by atoms with Crippen molar-refractivity contribution in [2.24, 2.45) is 17.8 Å². The van der Waals surface area contributed by atoms with Crippen LogP contribution in [-0.4, -0.2) is 11.7 Å². The first kappa shape index (κ1) is 13.3. The van der Waals surface area contributed by atoms with Gasteiger partial charge in [-0.05, 0) is 56.1 Å². The minimum absolute atomic E-state index is 0.0224. The van der Waals surface area contributed by atoms with E-state index >= 15 is 0 Å². The molecule has 1 amide bonds. The van der Waals surface area contributed by atoms with Crippen LogP contribution in [0.1, 0.15) is 49.4 Å². The quantitative estimate of drug-likeness (QED) is 0.850. The molecule has 2 aliphatic rings. The average molecular weight is 271 g/mol. The molecule has 1 aromatic carbocycles. The van der Waals surface area contributed by atoms with Crippen molar-refractivity contribution in [1.29, 1.82) is 0 Å². The predicted octanol–water partition coefficient (Wildman–Crippen LogP) is 3.65. The second-order valence-corrected chi connectivity index (χ2v) is 6.32. The van der Waals surface area contributed by atoms with E-state index in [0.717, 1.165) is 17.5 Å². The highest BCUT2D eigenvalue weighted by Gasteiger charge is 2.40. The number of benzene rings is 1. The van der Waals surface area contributed by atoms with Crippen molar-refractivity contribution in [3.8, 4) is 0 Å². The Morgan fingerprint density at radius 2 is 2.10 bits per heavy atom. The van der Waals surface area contributed by atoms with Gasteiger partial charge in [0.15, 0.2) is 5.78 Å². The summed E-state index contributed by atoms with van der Waals surface area (Å²) < 4.78 is 0. The van der Waals surface area contributed by atoms with Gasteiger partial charge < -0.3 is 5.32 Å². The van der Waals surface area contributed by atoms with Gasteiger partial charge in [0.05, 0.1) is 0 Å². The fourth-order valence-corrected chi connectivity index (χ4v) is 3.89. The maximum atomic E-state index is 12.1. The molecule has 20 heavy (non-hydrogen) atoms. The Labute approximate surface area is 119 Å². The van der Waals surface area contributed by atoms with Crippen molar-refractivity contribution in [2.45, 2.75) is 39.0 Å². The highest BCUT2D eigenvalue weighted by Crippen LogP contribution is 2.49. The average Bonchev–Trinajstić information content (AvgIpc) is 3.01. The number of anilines is 1. The zero-order valence-electron chi connectivity index (χ0n) is 11.9. The maximum absolute atomic E-state index is 12.1. The molecule has 1 aromatic rings. The largest absolute Gasteiger partial charge is 0.326 e. The molecule has 3 atom stereocenters. The van der Waals surface area contributed by atoms with Crippen molar-refractivity contribution in [1.82, 2.24) is 0 Å². The number of ketones is 1. The third-order valence-electron chi connectivity index (χ3n) is 4.88. The molecule has 2 aliphatic carbocycles. The van der Waals surface area contributed by atoms with Gasteiger partial charge in [0.25, 0.3) is 0 Å². The van der Waals surface area contributed by atoms with Crippen molar-refractivity contribution < 1.29 is 9.59 Å². The summed E-state index contributed by atoms with van der Waals surface area (Å²) in [4.78, 5) is 23.5. The standard InChI is InChI=1S/C17H21NO2/c1-11(19)13-3-2-4-16(9-13)18-17(20)10-15-8-12-5-6-14(15)7-12/h2-4,9,12,14-15H,5-8,10H2,1H3,(H,18,20)/t12-,14+,15+/m0/s1. The summed E-state index contributed by atoms with van der Waals surface area (Å²) in [6.07, 6.45) is 5.86. The Bertz CT molecular complexity index is 538. The van der Waals surface area contributed by atoms with Crippen LogP contribution in [0.2, 0.25) is 0 Å². The highest BCUT2D eigenvalue weighted by atomic mass is 16.1. The molecule has 3 heteroatoms. The lowest BCUT2D eigenvalue weighted by Gasteiger charge is -2.20. The van der Waals surface area contributed by atoms with Gasteiger partial charge in [0.2, 0.25) is 5.91 Å². The summed E-state index contributed by atoms with van der Waals surface area (Å²) >= 11 is 0. The molecular weight excluding hydrogens is 250 g/mol. The fourth-order valence-electron chi connectivity index (χ4n) is 3.89. The van der Waals surface area contributed by atoms with Crippen molar-refractivity contribution in [3.63, 3.8) is 0 Å². The number of carbonyl (C=O) groups is 2. The van der Waals surface area contributed by atoms with Gasteiger partial charge in [-0.1, -0.05) is 18.6 Å². The first-order chi connectivity index (χ1) is 9.61. The number of Topliss-reactive ketones (excluding diaryl/α,β-unsaturated/α-hetero) is 1. The van der Waals surface area contributed by atoms with Crippen LogP contribution in [0.4, 0.5) is 5.69 Å². The second-order valence-electron chi connectivity index (χ2n) is 6.32. The Morgan fingerprint density at radius 3 is 2.75 bits per heavy atom. The molecule has 2 bridgehead atoms. The number of hydrogen-bond acceptors (Lipinski definition) is 2. The molecule has 3 rings (SSSR count). The van der Waals surface area contributed by atoms with Crippen molar-refractivity contribution >= 4 is 17.4 Å².